The summed E-state index contributed by atoms with van der Waals surface area (Å²) < 4.78 is 0. The normalized spacial score (nSPS) is 13.1. The molecule has 14 N–H and O–H groups in total. The zero-order valence-electron chi connectivity index (χ0n) is 45.0. The van der Waals surface area contributed by atoms with Gasteiger partial charge in [-0.3, -0.25) is 48.3 Å². The molecule has 430 valence electrons. The Bertz CT molecular complexity index is 2460. The van der Waals surface area contributed by atoms with Gasteiger partial charge in [0.1, 0.15) is 24.2 Å². The number of alkyl halides is 2. The predicted molar refractivity (Wildman–Crippen MR) is 311 cm³/mol. The highest BCUT2D eigenvalue weighted by Gasteiger charge is 2.32. The second-order valence-electron chi connectivity index (χ2n) is 19.3. The highest BCUT2D eigenvalue weighted by Crippen LogP contribution is 2.13. The van der Waals surface area contributed by atoms with E-state index in [0.29, 0.717) is 38.5 Å². The standard InChI is InChI=1S/C58H76Cl2N12O8/c59-37-49(73)43(27-17-31-65-57(61)62)69-55(79)47(35-41-23-11-5-12-24-41)71-53(77)45(33-39-19-7-3-8-20-39)67-51(75)29-15-1-2-16-30-52(76)68-46(34-40-21-9-4-10-22-40)54(78)72-48(36-42-25-13-6-14-26-42)56(80)70-44(50(74)38-60)28-18-32-66-58(63)64/h3-14,19-26,43-48H,1-2,15-18,27-38H2,(H,67,75)(H,68,76)(H,69,79)(H,70,80)(H,71,77)(H,72,78)(H4,61,62,65)(H4,63,64,66). The highest BCUT2D eigenvalue weighted by atomic mass is 35.5. The van der Waals surface area contributed by atoms with Gasteiger partial charge in [-0.15, -0.1) is 23.2 Å². The number of guanidine groups is 2. The maximum atomic E-state index is 14.2. The molecule has 0 aliphatic rings. The minimum absolute atomic E-state index is 0.0660. The van der Waals surface area contributed by atoms with Crippen LogP contribution in [-0.4, -0.2) is 120 Å². The second-order valence-corrected chi connectivity index (χ2v) is 19.8. The Morgan fingerprint density at radius 3 is 0.887 bits per heavy atom. The fourth-order valence-electron chi connectivity index (χ4n) is 8.60. The number of halogens is 2. The Kier molecular flexibility index (Phi) is 29.4. The van der Waals surface area contributed by atoms with Crippen LogP contribution >= 0.6 is 23.2 Å². The van der Waals surface area contributed by atoms with E-state index in [1.165, 1.54) is 0 Å². The van der Waals surface area contributed by atoms with Gasteiger partial charge in [0.2, 0.25) is 35.4 Å². The number of hydrogen-bond donors (Lipinski definition) is 10. The summed E-state index contributed by atoms with van der Waals surface area (Å²) in [6.07, 6.45) is 3.66. The van der Waals surface area contributed by atoms with Crippen LogP contribution in [0.15, 0.2) is 131 Å². The maximum absolute atomic E-state index is 14.2. The van der Waals surface area contributed by atoms with Gasteiger partial charge in [-0.1, -0.05) is 134 Å². The van der Waals surface area contributed by atoms with Gasteiger partial charge < -0.3 is 54.8 Å². The molecule has 0 saturated heterocycles. The monoisotopic (exact) mass is 1140 g/mol. The number of aliphatic imine (C=N–C) groups is 2. The van der Waals surface area contributed by atoms with Crippen molar-refractivity contribution in [1.82, 2.24) is 31.9 Å². The van der Waals surface area contributed by atoms with Gasteiger partial charge >= 0.3 is 0 Å². The molecule has 6 unspecified atom stereocenters. The van der Waals surface area contributed by atoms with Crippen molar-refractivity contribution in [3.05, 3.63) is 144 Å². The Balaban J connectivity index is 1.38. The second kappa shape index (κ2) is 36.4. The summed E-state index contributed by atoms with van der Waals surface area (Å²) in [5.74, 6) is -4.99. The molecule has 4 aromatic carbocycles. The van der Waals surface area contributed by atoms with Crippen LogP contribution in [0.2, 0.25) is 0 Å². The number of ketones is 2. The molecule has 0 bridgehead atoms. The van der Waals surface area contributed by atoms with Crippen LogP contribution < -0.4 is 54.8 Å². The van der Waals surface area contributed by atoms with Gasteiger partial charge in [-0.05, 0) is 60.8 Å². The number of unbranched alkanes of at least 4 members (excludes halogenated alkanes) is 3. The first-order chi connectivity index (χ1) is 38.5. The first-order valence-corrected chi connectivity index (χ1v) is 27.9. The molecule has 20 nitrogen and oxygen atoms in total. The van der Waals surface area contributed by atoms with E-state index < -0.39 is 83.3 Å². The van der Waals surface area contributed by atoms with Crippen molar-refractivity contribution < 1.29 is 38.4 Å². The number of hydrogen-bond acceptors (Lipinski definition) is 10. The average molecular weight is 1140 g/mol. The lowest BCUT2D eigenvalue weighted by molar-refractivity contribution is -0.133. The number of amides is 6. The number of nitrogens with two attached hydrogens (primary N) is 4. The summed E-state index contributed by atoms with van der Waals surface area (Å²) in [6, 6.07) is 29.9. The minimum atomic E-state index is -1.14. The summed E-state index contributed by atoms with van der Waals surface area (Å²) in [4.78, 5) is 117. The topological polar surface area (TPSA) is 338 Å². The van der Waals surface area contributed by atoms with Crippen LogP contribution in [0, 0.1) is 0 Å². The molecular formula is C58H76Cl2N12O8. The van der Waals surface area contributed by atoms with E-state index in [2.05, 4.69) is 41.9 Å². The SMILES string of the molecule is NC(N)=NCCCC(NC(=O)C(Cc1ccccc1)NC(=O)C(Cc1ccccc1)NC(=O)CCCCCCC(=O)NC(Cc1ccccc1)C(=O)NC(Cc1ccccc1)C(=O)NC(CCCN=C(N)N)C(=O)CCl)C(=O)CCl. The largest absolute Gasteiger partial charge is 0.370 e. The lowest BCUT2D eigenvalue weighted by Crippen LogP contribution is -2.57. The van der Waals surface area contributed by atoms with E-state index in [-0.39, 0.29) is 88.1 Å². The molecule has 0 radical (unpaired) electrons. The van der Waals surface area contributed by atoms with E-state index in [0.717, 1.165) is 22.3 Å². The van der Waals surface area contributed by atoms with Crippen LogP contribution in [0.1, 0.15) is 86.5 Å². The summed E-state index contributed by atoms with van der Waals surface area (Å²) in [5, 5.41) is 16.9. The first kappa shape index (κ1) is 64.7. The van der Waals surface area contributed by atoms with Crippen LogP contribution in [0.3, 0.4) is 0 Å². The Hall–Kier alpha value is -7.84. The number of rotatable bonds is 37. The van der Waals surface area contributed by atoms with Crippen LogP contribution in [0.5, 0.6) is 0 Å². The van der Waals surface area contributed by atoms with E-state index in [4.69, 9.17) is 46.1 Å². The Labute approximate surface area is 477 Å². The number of carbonyl (C=O) groups is 8. The van der Waals surface area contributed by atoms with Gasteiger partial charge in [0.25, 0.3) is 0 Å². The predicted octanol–water partition coefficient (Wildman–Crippen LogP) is 2.93. The van der Waals surface area contributed by atoms with Crippen LogP contribution in [0.25, 0.3) is 0 Å². The fourth-order valence-corrected chi connectivity index (χ4v) is 8.98. The van der Waals surface area contributed by atoms with Gasteiger partial charge in [-0.25, -0.2) is 0 Å². The van der Waals surface area contributed by atoms with Gasteiger partial charge in [0, 0.05) is 51.6 Å². The summed E-state index contributed by atoms with van der Waals surface area (Å²) in [5.41, 5.74) is 24.8. The Morgan fingerprint density at radius 1 is 0.362 bits per heavy atom. The smallest absolute Gasteiger partial charge is 0.243 e. The van der Waals surface area contributed by atoms with Crippen LogP contribution in [0.4, 0.5) is 0 Å². The molecule has 80 heavy (non-hydrogen) atoms. The number of nitrogens with one attached hydrogen (secondary N) is 6. The van der Waals surface area contributed by atoms with Gasteiger partial charge in [-0.2, -0.15) is 0 Å². The van der Waals surface area contributed by atoms with Crippen molar-refractivity contribution in [2.75, 3.05) is 24.8 Å². The Morgan fingerprint density at radius 2 is 0.625 bits per heavy atom. The van der Waals surface area contributed by atoms with Crippen molar-refractivity contribution in [3.63, 3.8) is 0 Å². The van der Waals surface area contributed by atoms with Gasteiger partial charge in [0.05, 0.1) is 23.8 Å². The molecule has 0 aliphatic heterocycles. The van der Waals surface area contributed by atoms with E-state index in [1.807, 2.05) is 97.1 Å². The third-order valence-electron chi connectivity index (χ3n) is 12.8. The molecule has 0 aliphatic carbocycles. The summed E-state index contributed by atoms with van der Waals surface area (Å²) >= 11 is 11.8. The third-order valence-corrected chi connectivity index (χ3v) is 13.3. The number of Topliss-reactive ketones (excluding diaryl/α,β-unsaturated/α-hetero) is 2. The van der Waals surface area contributed by atoms with Gasteiger partial charge in [0.15, 0.2) is 23.5 Å². The molecule has 0 fully saturated rings. The molecule has 0 spiro atoms. The highest BCUT2D eigenvalue weighted by molar-refractivity contribution is 6.29. The molecule has 4 rings (SSSR count). The molecule has 4 aromatic rings. The van der Waals surface area contributed by atoms with Crippen molar-refractivity contribution in [3.8, 4) is 0 Å². The number of carbonyl (C=O) groups excluding carboxylic acids is 8. The number of nitrogens with zero attached hydrogens (tertiary/aromatic N) is 2. The summed E-state index contributed by atoms with van der Waals surface area (Å²) in [7, 11) is 0. The molecular weight excluding hydrogens is 1060 g/mol. The molecule has 0 aromatic heterocycles. The molecule has 0 heterocycles. The van der Waals surface area contributed by atoms with Crippen molar-refractivity contribution in [1.29, 1.82) is 0 Å². The van der Waals surface area contributed by atoms with E-state index in [9.17, 15) is 38.4 Å². The molecule has 6 amide bonds. The van der Waals surface area contributed by atoms with E-state index in [1.54, 1.807) is 24.3 Å². The zero-order valence-corrected chi connectivity index (χ0v) is 46.5. The lowest BCUT2D eigenvalue weighted by atomic mass is 10.0. The molecule has 22 heteroatoms. The lowest BCUT2D eigenvalue weighted by Gasteiger charge is -2.25. The average Bonchev–Trinajstić information content (AvgIpc) is 3.46. The molecule has 0 saturated carbocycles. The first-order valence-electron chi connectivity index (χ1n) is 26.8. The van der Waals surface area contributed by atoms with Crippen molar-refractivity contribution in [2.45, 2.75) is 126 Å². The quantitative estimate of drug-likeness (QED) is 0.0135. The van der Waals surface area contributed by atoms with Crippen molar-refractivity contribution in [2.24, 2.45) is 32.9 Å². The zero-order chi connectivity index (χ0) is 58.1. The third kappa shape index (κ3) is 25.3. The van der Waals surface area contributed by atoms with Crippen LogP contribution in [-0.2, 0) is 64.0 Å². The number of benzene rings is 4. The van der Waals surface area contributed by atoms with E-state index >= 15 is 0 Å². The molecule has 6 atom stereocenters. The summed E-state index contributed by atoms with van der Waals surface area (Å²) in [6.45, 7) is 0.450. The van der Waals surface area contributed by atoms with Crippen molar-refractivity contribution >= 4 is 82.1 Å². The minimum Gasteiger partial charge on any atom is -0.370 e. The fraction of sp³-hybridized carbons (Fsp3) is 0.414. The maximum Gasteiger partial charge on any atom is 0.243 e.